The smallest absolute Gasteiger partial charge is 0.226 e. The standard InChI is InChI=1S/C14H27N3O3S/c1-2-13(3-5-15)16-6-8-17(9-7-16)14(18)12-4-10-21(19,20)11-12/h12-13H,2-11,15H2,1H3. The van der Waals surface area contributed by atoms with Crippen molar-refractivity contribution < 1.29 is 13.2 Å². The van der Waals surface area contributed by atoms with E-state index in [0.717, 1.165) is 25.9 Å². The second-order valence-corrected chi connectivity index (χ2v) is 8.33. The number of hydrogen-bond acceptors (Lipinski definition) is 5. The summed E-state index contributed by atoms with van der Waals surface area (Å²) in [6, 6.07) is 0.499. The van der Waals surface area contributed by atoms with Gasteiger partial charge in [0, 0.05) is 32.2 Å². The Morgan fingerprint density at radius 2 is 1.95 bits per heavy atom. The van der Waals surface area contributed by atoms with Gasteiger partial charge in [-0.2, -0.15) is 0 Å². The number of rotatable bonds is 5. The Morgan fingerprint density at radius 1 is 1.29 bits per heavy atom. The molecule has 0 saturated carbocycles. The lowest BCUT2D eigenvalue weighted by Gasteiger charge is -2.39. The highest BCUT2D eigenvalue weighted by Gasteiger charge is 2.36. The molecule has 0 spiro atoms. The third-order valence-electron chi connectivity index (χ3n) is 4.70. The minimum Gasteiger partial charge on any atom is -0.340 e. The maximum absolute atomic E-state index is 12.4. The summed E-state index contributed by atoms with van der Waals surface area (Å²) in [6.45, 7) is 6.00. The molecule has 21 heavy (non-hydrogen) atoms. The van der Waals surface area contributed by atoms with Crippen LogP contribution >= 0.6 is 0 Å². The SMILES string of the molecule is CCC(CCN)N1CCN(C(=O)C2CCS(=O)(=O)C2)CC1. The number of piperazine rings is 1. The van der Waals surface area contributed by atoms with Crippen molar-refractivity contribution >= 4 is 15.7 Å². The molecular formula is C14H27N3O3S. The summed E-state index contributed by atoms with van der Waals surface area (Å²) in [7, 11) is -2.99. The lowest BCUT2D eigenvalue weighted by Crippen LogP contribution is -2.53. The predicted octanol–water partition coefficient (Wildman–Crippen LogP) is -0.307. The fraction of sp³-hybridized carbons (Fsp3) is 0.929. The van der Waals surface area contributed by atoms with Crippen molar-refractivity contribution in [2.75, 3.05) is 44.2 Å². The van der Waals surface area contributed by atoms with Gasteiger partial charge < -0.3 is 10.6 Å². The van der Waals surface area contributed by atoms with Crippen molar-refractivity contribution in [1.29, 1.82) is 0 Å². The summed E-state index contributed by atoms with van der Waals surface area (Å²) in [6.07, 6.45) is 2.56. The molecule has 7 heteroatoms. The van der Waals surface area contributed by atoms with Crippen LogP contribution in [0.2, 0.25) is 0 Å². The first-order valence-corrected chi connectivity index (χ1v) is 9.72. The molecule has 6 nitrogen and oxygen atoms in total. The fourth-order valence-electron chi connectivity index (χ4n) is 3.39. The molecule has 2 heterocycles. The normalized spacial score (nSPS) is 27.7. The van der Waals surface area contributed by atoms with E-state index in [1.807, 2.05) is 4.90 Å². The molecule has 2 unspecified atom stereocenters. The molecule has 122 valence electrons. The van der Waals surface area contributed by atoms with Crippen molar-refractivity contribution in [2.45, 2.75) is 32.2 Å². The Labute approximate surface area is 127 Å². The minimum atomic E-state index is -2.99. The van der Waals surface area contributed by atoms with E-state index in [9.17, 15) is 13.2 Å². The van der Waals surface area contributed by atoms with Crippen LogP contribution in [-0.4, -0.2) is 74.4 Å². The lowest BCUT2D eigenvalue weighted by atomic mass is 10.1. The quantitative estimate of drug-likeness (QED) is 0.752. The van der Waals surface area contributed by atoms with Crippen LogP contribution in [0.3, 0.4) is 0 Å². The molecule has 0 bridgehead atoms. The van der Waals surface area contributed by atoms with Crippen molar-refractivity contribution in [3.05, 3.63) is 0 Å². The minimum absolute atomic E-state index is 0.0302. The van der Waals surface area contributed by atoms with Crippen LogP contribution in [-0.2, 0) is 14.6 Å². The van der Waals surface area contributed by atoms with Crippen molar-refractivity contribution in [3.8, 4) is 0 Å². The summed E-state index contributed by atoms with van der Waals surface area (Å²) in [5.41, 5.74) is 5.65. The average molecular weight is 317 g/mol. The summed E-state index contributed by atoms with van der Waals surface area (Å²) in [4.78, 5) is 16.6. The van der Waals surface area contributed by atoms with E-state index in [1.165, 1.54) is 0 Å². The zero-order chi connectivity index (χ0) is 15.5. The molecule has 2 fully saturated rings. The van der Waals surface area contributed by atoms with E-state index in [2.05, 4.69) is 11.8 Å². The molecule has 0 aromatic carbocycles. The van der Waals surface area contributed by atoms with E-state index in [-0.39, 0.29) is 23.3 Å². The van der Waals surface area contributed by atoms with Gasteiger partial charge in [-0.15, -0.1) is 0 Å². The van der Waals surface area contributed by atoms with Gasteiger partial charge in [-0.05, 0) is 25.8 Å². The van der Waals surface area contributed by atoms with Crippen LogP contribution in [0.25, 0.3) is 0 Å². The molecule has 2 aliphatic rings. The number of amides is 1. The third kappa shape index (κ3) is 4.17. The van der Waals surface area contributed by atoms with E-state index < -0.39 is 9.84 Å². The molecule has 0 aliphatic carbocycles. The molecule has 0 radical (unpaired) electrons. The zero-order valence-electron chi connectivity index (χ0n) is 12.8. The molecule has 0 aromatic heterocycles. The Hall–Kier alpha value is -0.660. The maximum Gasteiger partial charge on any atom is 0.226 e. The second-order valence-electron chi connectivity index (χ2n) is 6.10. The van der Waals surface area contributed by atoms with Crippen molar-refractivity contribution in [2.24, 2.45) is 11.7 Å². The third-order valence-corrected chi connectivity index (χ3v) is 6.46. The molecule has 0 aromatic rings. The number of hydrogen-bond donors (Lipinski definition) is 1. The Morgan fingerprint density at radius 3 is 2.43 bits per heavy atom. The second kappa shape index (κ2) is 7.07. The van der Waals surface area contributed by atoms with Crippen LogP contribution < -0.4 is 5.73 Å². The lowest BCUT2D eigenvalue weighted by molar-refractivity contribution is -0.136. The first-order valence-electron chi connectivity index (χ1n) is 7.90. The fourth-order valence-corrected chi connectivity index (χ4v) is 5.13. The van der Waals surface area contributed by atoms with Gasteiger partial charge in [0.05, 0.1) is 17.4 Å². The van der Waals surface area contributed by atoms with Crippen molar-refractivity contribution in [1.82, 2.24) is 9.80 Å². The van der Waals surface area contributed by atoms with Gasteiger partial charge in [-0.25, -0.2) is 8.42 Å². The van der Waals surface area contributed by atoms with Gasteiger partial charge in [0.2, 0.25) is 5.91 Å². The van der Waals surface area contributed by atoms with Crippen molar-refractivity contribution in [3.63, 3.8) is 0 Å². The predicted molar refractivity (Wildman–Crippen MR) is 82.7 cm³/mol. The van der Waals surface area contributed by atoms with Crippen LogP contribution in [0.5, 0.6) is 0 Å². The van der Waals surface area contributed by atoms with Gasteiger partial charge >= 0.3 is 0 Å². The molecule has 2 aliphatic heterocycles. The topological polar surface area (TPSA) is 83.7 Å². The largest absolute Gasteiger partial charge is 0.340 e. The Balaban J connectivity index is 1.85. The zero-order valence-corrected chi connectivity index (χ0v) is 13.6. The highest BCUT2D eigenvalue weighted by atomic mass is 32.2. The number of nitrogens with zero attached hydrogens (tertiary/aromatic N) is 2. The number of nitrogens with two attached hydrogens (primary N) is 1. The Bertz CT molecular complexity index is 458. The first kappa shape index (κ1) is 16.7. The van der Waals surface area contributed by atoms with E-state index in [0.29, 0.717) is 32.1 Å². The van der Waals surface area contributed by atoms with Crippen LogP contribution in [0, 0.1) is 5.92 Å². The van der Waals surface area contributed by atoms with Crippen LogP contribution in [0.15, 0.2) is 0 Å². The summed E-state index contributed by atoms with van der Waals surface area (Å²) in [5.74, 6) is -0.0793. The first-order chi connectivity index (χ1) is 9.96. The molecular weight excluding hydrogens is 290 g/mol. The van der Waals surface area contributed by atoms with Gasteiger partial charge in [0.15, 0.2) is 9.84 Å². The van der Waals surface area contributed by atoms with Gasteiger partial charge in [-0.1, -0.05) is 6.92 Å². The van der Waals surface area contributed by atoms with Gasteiger partial charge in [0.1, 0.15) is 0 Å². The van der Waals surface area contributed by atoms with Gasteiger partial charge in [-0.3, -0.25) is 9.69 Å². The summed E-state index contributed by atoms with van der Waals surface area (Å²) in [5, 5.41) is 0. The number of carbonyl (C=O) groups is 1. The Kier molecular flexibility index (Phi) is 5.62. The van der Waals surface area contributed by atoms with Crippen LogP contribution in [0.1, 0.15) is 26.2 Å². The summed E-state index contributed by atoms with van der Waals surface area (Å²) >= 11 is 0. The maximum atomic E-state index is 12.4. The molecule has 2 atom stereocenters. The highest BCUT2D eigenvalue weighted by Crippen LogP contribution is 2.22. The van der Waals surface area contributed by atoms with E-state index >= 15 is 0 Å². The van der Waals surface area contributed by atoms with E-state index in [1.54, 1.807) is 0 Å². The average Bonchev–Trinajstić information content (AvgIpc) is 2.84. The number of carbonyl (C=O) groups excluding carboxylic acids is 1. The molecule has 2 N–H and O–H groups in total. The monoisotopic (exact) mass is 317 g/mol. The van der Waals surface area contributed by atoms with E-state index in [4.69, 9.17) is 5.73 Å². The molecule has 2 saturated heterocycles. The summed E-state index contributed by atoms with van der Waals surface area (Å²) < 4.78 is 23.0. The van der Waals surface area contributed by atoms with Crippen LogP contribution in [0.4, 0.5) is 0 Å². The molecule has 2 rings (SSSR count). The highest BCUT2D eigenvalue weighted by molar-refractivity contribution is 7.91. The number of sulfone groups is 1. The molecule has 1 amide bonds. The van der Waals surface area contributed by atoms with Gasteiger partial charge in [0.25, 0.3) is 0 Å².